The summed E-state index contributed by atoms with van der Waals surface area (Å²) in [7, 11) is 0. The molecule has 1 aromatic heterocycles. The summed E-state index contributed by atoms with van der Waals surface area (Å²) in [6.07, 6.45) is 11.9. The summed E-state index contributed by atoms with van der Waals surface area (Å²) in [5.74, 6) is 1.13. The van der Waals surface area contributed by atoms with Gasteiger partial charge < -0.3 is 4.90 Å². The molecule has 0 unspecified atom stereocenters. The molecule has 2 aliphatic rings. The quantitative estimate of drug-likeness (QED) is 0.764. The van der Waals surface area contributed by atoms with E-state index in [4.69, 9.17) is 0 Å². The molecule has 0 aromatic carbocycles. The van der Waals surface area contributed by atoms with Gasteiger partial charge in [0.2, 0.25) is 0 Å². The average molecular weight is 309 g/mol. The highest BCUT2D eigenvalue weighted by Gasteiger charge is 2.35. The van der Waals surface area contributed by atoms with E-state index in [0.717, 1.165) is 10.3 Å². The number of pyridine rings is 1. The largest absolute Gasteiger partial charge is 0.356 e. The van der Waals surface area contributed by atoms with Gasteiger partial charge in [-0.2, -0.15) is 0 Å². The highest BCUT2D eigenvalue weighted by atomic mass is 79.9. The zero-order chi connectivity index (χ0) is 12.4. The summed E-state index contributed by atoms with van der Waals surface area (Å²) < 4.78 is 1.13. The molecule has 1 saturated heterocycles. The van der Waals surface area contributed by atoms with Gasteiger partial charge >= 0.3 is 0 Å². The van der Waals surface area contributed by atoms with Crippen molar-refractivity contribution in [1.29, 1.82) is 0 Å². The molecule has 0 bridgehead atoms. The summed E-state index contributed by atoms with van der Waals surface area (Å²) in [5.41, 5.74) is 0.677. The normalized spacial score (nSPS) is 23.3. The van der Waals surface area contributed by atoms with Crippen LogP contribution >= 0.6 is 15.9 Å². The maximum Gasteiger partial charge on any atom is 0.142 e. The van der Waals surface area contributed by atoms with Gasteiger partial charge in [-0.1, -0.05) is 19.3 Å². The number of hydrogen-bond acceptors (Lipinski definition) is 2. The Balaban J connectivity index is 1.68. The number of hydrogen-bond donors (Lipinski definition) is 0. The van der Waals surface area contributed by atoms with Crippen molar-refractivity contribution in [3.05, 3.63) is 22.8 Å². The number of rotatable bonds is 1. The van der Waals surface area contributed by atoms with Gasteiger partial charge in [0, 0.05) is 19.3 Å². The van der Waals surface area contributed by atoms with Crippen LogP contribution in [-0.4, -0.2) is 18.1 Å². The van der Waals surface area contributed by atoms with Gasteiger partial charge in [0.1, 0.15) is 5.82 Å². The first-order valence-electron chi connectivity index (χ1n) is 7.15. The molecule has 98 valence electrons. The van der Waals surface area contributed by atoms with E-state index in [1.165, 1.54) is 58.0 Å². The Hall–Kier alpha value is -0.570. The third kappa shape index (κ3) is 2.42. The van der Waals surface area contributed by atoms with E-state index in [1.54, 1.807) is 0 Å². The number of halogens is 1. The first kappa shape index (κ1) is 12.5. The van der Waals surface area contributed by atoms with E-state index in [1.807, 2.05) is 12.3 Å². The van der Waals surface area contributed by atoms with Crippen LogP contribution in [0.25, 0.3) is 0 Å². The summed E-state index contributed by atoms with van der Waals surface area (Å²) >= 11 is 3.62. The first-order chi connectivity index (χ1) is 8.79. The molecule has 1 aromatic rings. The number of nitrogens with zero attached hydrogens (tertiary/aromatic N) is 2. The Morgan fingerprint density at radius 2 is 1.78 bits per heavy atom. The van der Waals surface area contributed by atoms with Gasteiger partial charge in [-0.25, -0.2) is 4.98 Å². The van der Waals surface area contributed by atoms with E-state index in [-0.39, 0.29) is 0 Å². The lowest BCUT2D eigenvalue weighted by Crippen LogP contribution is -2.41. The van der Waals surface area contributed by atoms with Crippen LogP contribution in [0.5, 0.6) is 0 Å². The molecule has 0 amide bonds. The Labute approximate surface area is 118 Å². The molecular weight excluding hydrogens is 288 g/mol. The fourth-order valence-electron chi connectivity index (χ4n) is 3.60. The SMILES string of the molecule is Brc1cccnc1N1CCC2(CCCCC2)CC1. The Morgan fingerprint density at radius 3 is 2.44 bits per heavy atom. The molecule has 2 nitrogen and oxygen atoms in total. The lowest BCUT2D eigenvalue weighted by molar-refractivity contribution is 0.144. The van der Waals surface area contributed by atoms with Gasteiger partial charge in [-0.05, 0) is 59.2 Å². The molecule has 1 saturated carbocycles. The minimum absolute atomic E-state index is 0.677. The zero-order valence-corrected chi connectivity index (χ0v) is 12.5. The monoisotopic (exact) mass is 308 g/mol. The Morgan fingerprint density at radius 1 is 1.06 bits per heavy atom. The van der Waals surface area contributed by atoms with E-state index < -0.39 is 0 Å². The van der Waals surface area contributed by atoms with E-state index >= 15 is 0 Å². The predicted molar refractivity (Wildman–Crippen MR) is 78.9 cm³/mol. The first-order valence-corrected chi connectivity index (χ1v) is 7.94. The topological polar surface area (TPSA) is 16.1 Å². The third-order valence-electron chi connectivity index (χ3n) is 4.78. The van der Waals surface area contributed by atoms with Gasteiger partial charge in [-0.15, -0.1) is 0 Å². The molecule has 3 heteroatoms. The van der Waals surface area contributed by atoms with Crippen molar-refractivity contribution in [1.82, 2.24) is 4.98 Å². The zero-order valence-electron chi connectivity index (χ0n) is 10.9. The van der Waals surface area contributed by atoms with E-state index in [0.29, 0.717) is 5.41 Å². The second-order valence-electron chi connectivity index (χ2n) is 5.86. The molecule has 2 heterocycles. The van der Waals surface area contributed by atoms with Crippen molar-refractivity contribution in [3.63, 3.8) is 0 Å². The molecule has 18 heavy (non-hydrogen) atoms. The molecule has 0 radical (unpaired) electrons. The Kier molecular flexibility index (Phi) is 3.60. The highest BCUT2D eigenvalue weighted by Crippen LogP contribution is 2.45. The smallest absolute Gasteiger partial charge is 0.142 e. The van der Waals surface area contributed by atoms with Crippen LogP contribution in [0.4, 0.5) is 5.82 Å². The van der Waals surface area contributed by atoms with Crippen LogP contribution in [0.2, 0.25) is 0 Å². The van der Waals surface area contributed by atoms with Crippen molar-refractivity contribution in [2.24, 2.45) is 5.41 Å². The van der Waals surface area contributed by atoms with Crippen molar-refractivity contribution in [2.75, 3.05) is 18.0 Å². The summed E-state index contributed by atoms with van der Waals surface area (Å²) in [5, 5.41) is 0. The lowest BCUT2D eigenvalue weighted by atomic mass is 9.68. The van der Waals surface area contributed by atoms with Crippen molar-refractivity contribution in [3.8, 4) is 0 Å². The second-order valence-corrected chi connectivity index (χ2v) is 6.71. The van der Waals surface area contributed by atoms with Crippen LogP contribution in [0.1, 0.15) is 44.9 Å². The van der Waals surface area contributed by atoms with Crippen LogP contribution in [-0.2, 0) is 0 Å². The van der Waals surface area contributed by atoms with Crippen LogP contribution < -0.4 is 4.90 Å². The fourth-order valence-corrected chi connectivity index (χ4v) is 4.11. The molecule has 0 atom stereocenters. The second kappa shape index (κ2) is 5.20. The standard InChI is InChI=1S/C15H21BrN2/c16-13-5-4-10-17-14(13)18-11-8-15(9-12-18)6-2-1-3-7-15/h4-5,10H,1-3,6-9,11-12H2. The van der Waals surface area contributed by atoms with Gasteiger partial charge in [0.05, 0.1) is 4.47 Å². The molecule has 3 rings (SSSR count). The predicted octanol–water partition coefficient (Wildman–Crippen LogP) is 4.39. The van der Waals surface area contributed by atoms with Crippen molar-refractivity contribution < 1.29 is 0 Å². The summed E-state index contributed by atoms with van der Waals surface area (Å²) in [6, 6.07) is 4.08. The van der Waals surface area contributed by atoms with Crippen molar-refractivity contribution in [2.45, 2.75) is 44.9 Å². The van der Waals surface area contributed by atoms with Crippen molar-refractivity contribution >= 4 is 21.7 Å². The van der Waals surface area contributed by atoms with Gasteiger partial charge in [-0.3, -0.25) is 0 Å². The molecule has 1 aliphatic carbocycles. The fraction of sp³-hybridized carbons (Fsp3) is 0.667. The maximum atomic E-state index is 4.51. The average Bonchev–Trinajstić information content (AvgIpc) is 2.42. The number of anilines is 1. The van der Waals surface area contributed by atoms with Gasteiger partial charge in [0.25, 0.3) is 0 Å². The number of piperidine rings is 1. The maximum absolute atomic E-state index is 4.51. The third-order valence-corrected chi connectivity index (χ3v) is 5.40. The minimum atomic E-state index is 0.677. The molecule has 1 aliphatic heterocycles. The highest BCUT2D eigenvalue weighted by molar-refractivity contribution is 9.10. The lowest BCUT2D eigenvalue weighted by Gasteiger charge is -2.44. The summed E-state index contributed by atoms with van der Waals surface area (Å²) in [4.78, 5) is 6.96. The minimum Gasteiger partial charge on any atom is -0.356 e. The van der Waals surface area contributed by atoms with E-state index in [2.05, 4.69) is 31.9 Å². The van der Waals surface area contributed by atoms with Crippen LogP contribution in [0.3, 0.4) is 0 Å². The molecular formula is C15H21BrN2. The van der Waals surface area contributed by atoms with Crippen LogP contribution in [0.15, 0.2) is 22.8 Å². The van der Waals surface area contributed by atoms with E-state index in [9.17, 15) is 0 Å². The molecule has 0 N–H and O–H groups in total. The Bertz CT molecular complexity index is 403. The van der Waals surface area contributed by atoms with Crippen LogP contribution in [0, 0.1) is 5.41 Å². The molecule has 1 spiro atoms. The molecule has 2 fully saturated rings. The van der Waals surface area contributed by atoms with Gasteiger partial charge in [0.15, 0.2) is 0 Å². The summed E-state index contributed by atoms with van der Waals surface area (Å²) in [6.45, 7) is 2.35. The number of aromatic nitrogens is 1.